The Morgan fingerprint density at radius 1 is 1.41 bits per heavy atom. The number of hydrogen-bond acceptors (Lipinski definition) is 6. The Bertz CT molecular complexity index is 836. The van der Waals surface area contributed by atoms with Crippen molar-refractivity contribution in [3.63, 3.8) is 0 Å². The van der Waals surface area contributed by atoms with E-state index in [0.29, 0.717) is 5.56 Å². The van der Waals surface area contributed by atoms with Gasteiger partial charge in [0.15, 0.2) is 0 Å². The molecule has 1 aliphatic heterocycles. The van der Waals surface area contributed by atoms with E-state index in [1.165, 1.54) is 4.88 Å². The summed E-state index contributed by atoms with van der Waals surface area (Å²) in [6, 6.07) is -0.660. The van der Waals surface area contributed by atoms with Crippen LogP contribution in [-0.2, 0) is 24.3 Å². The number of rotatable bonds is 6. The van der Waals surface area contributed by atoms with Gasteiger partial charge < -0.3 is 15.6 Å². The van der Waals surface area contributed by atoms with Crippen molar-refractivity contribution in [2.24, 2.45) is 11.7 Å². The molecule has 0 aromatic carbocycles. The third kappa shape index (κ3) is 4.06. The standard InChI is InChI=1S/C19H26N4O3S/c1-10(2)17(18(20)24)21-19(25)15-9-27-16-8-23(6-5-13(15)16)7-14-11(3)22-26-12(14)4/h9-10,17H,5-8H2,1-4H3,(H2,20,24)(H,21,25)/t17-/m0/s1. The fourth-order valence-electron chi connectivity index (χ4n) is 3.44. The maximum atomic E-state index is 12.7. The molecule has 1 atom stereocenters. The molecule has 3 N–H and O–H groups in total. The highest BCUT2D eigenvalue weighted by molar-refractivity contribution is 7.10. The number of nitrogens with zero attached hydrogens (tertiary/aromatic N) is 2. The quantitative estimate of drug-likeness (QED) is 0.787. The molecule has 2 amide bonds. The van der Waals surface area contributed by atoms with Crippen LogP contribution in [0.5, 0.6) is 0 Å². The lowest BCUT2D eigenvalue weighted by Gasteiger charge is -2.27. The van der Waals surface area contributed by atoms with Crippen molar-refractivity contribution in [3.05, 3.63) is 38.4 Å². The van der Waals surface area contributed by atoms with E-state index in [1.54, 1.807) is 11.3 Å². The molecule has 7 nitrogen and oxygen atoms in total. The minimum atomic E-state index is -0.660. The predicted octanol–water partition coefficient (Wildman–Crippen LogP) is 2.15. The molecule has 146 valence electrons. The number of hydrogen-bond donors (Lipinski definition) is 2. The molecule has 0 bridgehead atoms. The number of amides is 2. The topological polar surface area (TPSA) is 101 Å². The van der Waals surface area contributed by atoms with E-state index in [9.17, 15) is 9.59 Å². The Morgan fingerprint density at radius 2 is 2.15 bits per heavy atom. The van der Waals surface area contributed by atoms with E-state index in [1.807, 2.05) is 33.1 Å². The first kappa shape index (κ1) is 19.6. The number of carbonyl (C=O) groups excluding carboxylic acids is 2. The summed E-state index contributed by atoms with van der Waals surface area (Å²) in [7, 11) is 0. The van der Waals surface area contributed by atoms with Crippen LogP contribution in [0.3, 0.4) is 0 Å². The highest BCUT2D eigenvalue weighted by Crippen LogP contribution is 2.30. The van der Waals surface area contributed by atoms with Gasteiger partial charge in [-0.2, -0.15) is 0 Å². The molecule has 1 aliphatic rings. The lowest BCUT2D eigenvalue weighted by atomic mass is 10.00. The maximum Gasteiger partial charge on any atom is 0.253 e. The van der Waals surface area contributed by atoms with Crippen molar-refractivity contribution in [2.45, 2.75) is 53.2 Å². The molecule has 0 saturated heterocycles. The van der Waals surface area contributed by atoms with Crippen molar-refractivity contribution in [1.29, 1.82) is 0 Å². The molecule has 0 aliphatic carbocycles. The van der Waals surface area contributed by atoms with Crippen LogP contribution in [0.4, 0.5) is 0 Å². The molecule has 0 unspecified atom stereocenters. The van der Waals surface area contributed by atoms with Gasteiger partial charge in [-0.1, -0.05) is 19.0 Å². The van der Waals surface area contributed by atoms with Crippen LogP contribution in [-0.4, -0.2) is 34.5 Å². The van der Waals surface area contributed by atoms with Gasteiger partial charge in [-0.15, -0.1) is 11.3 Å². The molecule has 0 saturated carbocycles. The molecule has 2 aromatic rings. The summed E-state index contributed by atoms with van der Waals surface area (Å²) >= 11 is 1.59. The second-order valence-electron chi connectivity index (χ2n) is 7.41. The molecule has 8 heteroatoms. The average Bonchev–Trinajstić information content (AvgIpc) is 3.17. The lowest BCUT2D eigenvalue weighted by Crippen LogP contribution is -2.47. The van der Waals surface area contributed by atoms with Crippen LogP contribution in [0.25, 0.3) is 0 Å². The summed E-state index contributed by atoms with van der Waals surface area (Å²) < 4.78 is 5.25. The van der Waals surface area contributed by atoms with Gasteiger partial charge in [0.05, 0.1) is 11.3 Å². The summed E-state index contributed by atoms with van der Waals surface area (Å²) in [5, 5.41) is 8.70. The molecule has 3 rings (SSSR count). The Balaban J connectivity index is 1.71. The van der Waals surface area contributed by atoms with E-state index in [0.717, 1.165) is 48.6 Å². The van der Waals surface area contributed by atoms with Gasteiger partial charge in [0.25, 0.3) is 5.91 Å². The maximum absolute atomic E-state index is 12.7. The summed E-state index contributed by atoms with van der Waals surface area (Å²) in [5.74, 6) is 0.0828. The Labute approximate surface area is 162 Å². The summed E-state index contributed by atoms with van der Waals surface area (Å²) in [4.78, 5) is 27.8. The number of thiophene rings is 1. The lowest BCUT2D eigenvalue weighted by molar-refractivity contribution is -0.120. The van der Waals surface area contributed by atoms with Crippen LogP contribution in [0.1, 0.15) is 51.7 Å². The Hall–Kier alpha value is -2.19. The predicted molar refractivity (Wildman–Crippen MR) is 103 cm³/mol. The number of primary amides is 1. The van der Waals surface area contributed by atoms with Gasteiger partial charge in [-0.25, -0.2) is 0 Å². The first-order valence-electron chi connectivity index (χ1n) is 9.11. The number of carbonyl (C=O) groups is 2. The minimum Gasteiger partial charge on any atom is -0.368 e. The second kappa shape index (κ2) is 7.82. The number of fused-ring (bicyclic) bond motifs is 1. The summed E-state index contributed by atoms with van der Waals surface area (Å²) in [6.45, 7) is 10.1. The van der Waals surface area contributed by atoms with Gasteiger partial charge in [-0.05, 0) is 31.7 Å². The second-order valence-corrected chi connectivity index (χ2v) is 8.38. The van der Waals surface area contributed by atoms with Crippen LogP contribution < -0.4 is 11.1 Å². The highest BCUT2D eigenvalue weighted by Gasteiger charge is 2.28. The molecule has 0 spiro atoms. The van der Waals surface area contributed by atoms with Gasteiger partial charge in [-0.3, -0.25) is 14.5 Å². The number of nitrogens with two attached hydrogens (primary N) is 1. The van der Waals surface area contributed by atoms with Crippen molar-refractivity contribution in [1.82, 2.24) is 15.4 Å². The fraction of sp³-hybridized carbons (Fsp3) is 0.526. The van der Waals surface area contributed by atoms with Crippen LogP contribution in [0.15, 0.2) is 9.90 Å². The van der Waals surface area contributed by atoms with E-state index >= 15 is 0 Å². The number of aromatic nitrogens is 1. The van der Waals surface area contributed by atoms with Crippen LogP contribution >= 0.6 is 11.3 Å². The third-order valence-corrected chi connectivity index (χ3v) is 6.11. The van der Waals surface area contributed by atoms with Gasteiger partial charge in [0.2, 0.25) is 5.91 Å². The van der Waals surface area contributed by atoms with Crippen molar-refractivity contribution in [3.8, 4) is 0 Å². The molecular formula is C19H26N4O3S. The van der Waals surface area contributed by atoms with Gasteiger partial charge in [0.1, 0.15) is 11.8 Å². The summed E-state index contributed by atoms with van der Waals surface area (Å²) in [5.41, 5.74) is 9.22. The molecule has 3 heterocycles. The fourth-order valence-corrected chi connectivity index (χ4v) is 4.56. The monoisotopic (exact) mass is 390 g/mol. The zero-order chi connectivity index (χ0) is 19.7. The van der Waals surface area contributed by atoms with Gasteiger partial charge in [0, 0.05) is 35.5 Å². The van der Waals surface area contributed by atoms with Crippen LogP contribution in [0.2, 0.25) is 0 Å². The van der Waals surface area contributed by atoms with Crippen molar-refractivity contribution < 1.29 is 14.1 Å². The first-order chi connectivity index (χ1) is 12.8. The first-order valence-corrected chi connectivity index (χ1v) is 9.99. The normalized spacial score (nSPS) is 15.6. The average molecular weight is 391 g/mol. The smallest absolute Gasteiger partial charge is 0.253 e. The SMILES string of the molecule is Cc1noc(C)c1CN1CCc2c(C(=O)N[C@H](C(N)=O)C(C)C)csc2C1. The molecule has 27 heavy (non-hydrogen) atoms. The van der Waals surface area contributed by atoms with Crippen LogP contribution in [0, 0.1) is 19.8 Å². The third-order valence-electron chi connectivity index (χ3n) is 5.09. The highest BCUT2D eigenvalue weighted by atomic mass is 32.1. The van der Waals surface area contributed by atoms with Gasteiger partial charge >= 0.3 is 0 Å². The van der Waals surface area contributed by atoms with Crippen molar-refractivity contribution in [2.75, 3.05) is 6.54 Å². The van der Waals surface area contributed by atoms with E-state index in [2.05, 4.69) is 15.4 Å². The minimum absolute atomic E-state index is 0.0496. The number of aryl methyl sites for hydroxylation is 2. The van der Waals surface area contributed by atoms with E-state index in [-0.39, 0.29) is 11.8 Å². The molecular weight excluding hydrogens is 364 g/mol. The molecule has 0 fully saturated rings. The number of nitrogens with one attached hydrogen (secondary N) is 1. The van der Waals surface area contributed by atoms with E-state index in [4.69, 9.17) is 10.3 Å². The Kier molecular flexibility index (Phi) is 5.67. The molecule has 2 aromatic heterocycles. The van der Waals surface area contributed by atoms with E-state index < -0.39 is 11.9 Å². The Morgan fingerprint density at radius 3 is 2.74 bits per heavy atom. The zero-order valence-electron chi connectivity index (χ0n) is 16.2. The largest absolute Gasteiger partial charge is 0.368 e. The summed E-state index contributed by atoms with van der Waals surface area (Å²) in [6.07, 6.45) is 0.799. The van der Waals surface area contributed by atoms with Crippen molar-refractivity contribution >= 4 is 23.2 Å². The zero-order valence-corrected chi connectivity index (χ0v) is 17.0. The molecule has 0 radical (unpaired) electrons.